The lowest BCUT2D eigenvalue weighted by atomic mass is 9.44. The first-order chi connectivity index (χ1) is 23.9. The van der Waals surface area contributed by atoms with Crippen LogP contribution in [0.3, 0.4) is 0 Å². The molecule has 1 saturated heterocycles. The third kappa shape index (κ3) is 4.48. The molecule has 8 rings (SSSR count). The lowest BCUT2D eigenvalue weighted by Gasteiger charge is -2.55. The maximum atomic E-state index is 15.1. The van der Waals surface area contributed by atoms with Gasteiger partial charge in [-0.1, -0.05) is 103 Å². The Labute approximate surface area is 284 Å². The number of para-hydroxylation sites is 2. The van der Waals surface area contributed by atoms with Crippen LogP contribution in [-0.4, -0.2) is 35.1 Å². The number of phenols is 1. The molecule has 0 radical (unpaired) electrons. The number of nitrogens with zero attached hydrogens (tertiary/aromatic N) is 1. The number of carbonyl (C=O) groups is 4. The Bertz CT molecular complexity index is 2050. The number of Topliss-reactive ketones (excluding diaryl/α,β-unsaturated/α-hetero) is 1. The Morgan fingerprint density at radius 3 is 2.16 bits per heavy atom. The minimum atomic E-state index is -1.43. The van der Waals surface area contributed by atoms with Crippen molar-refractivity contribution in [1.29, 1.82) is 0 Å². The fourth-order valence-corrected chi connectivity index (χ4v) is 9.09. The predicted octanol–water partition coefficient (Wildman–Crippen LogP) is 6.82. The largest absolute Gasteiger partial charge is 0.504 e. The minimum Gasteiger partial charge on any atom is -0.504 e. The molecular weight excluding hydrogens is 614 g/mol. The molecule has 6 atom stereocenters. The SMILES string of the molecule is CCOc1cccc(C2C3=CCC4C(=O)N(c5ccccc5)C(=O)C4C3CC3C(=O)C(c4ccccc4)=CC(=O)C32c2ccccc2)c1O. The molecule has 7 heteroatoms. The number of imide groups is 1. The highest BCUT2D eigenvalue weighted by Crippen LogP contribution is 2.65. The van der Waals surface area contributed by atoms with Gasteiger partial charge >= 0.3 is 0 Å². The monoisotopic (exact) mass is 649 g/mol. The topological polar surface area (TPSA) is 101 Å². The molecule has 49 heavy (non-hydrogen) atoms. The first-order valence-corrected chi connectivity index (χ1v) is 16.9. The number of carbonyl (C=O) groups excluding carboxylic acids is 4. The molecule has 3 aliphatic carbocycles. The van der Waals surface area contributed by atoms with Crippen LogP contribution in [-0.2, 0) is 24.6 Å². The number of rotatable bonds is 6. The van der Waals surface area contributed by atoms with Crippen LogP contribution >= 0.6 is 0 Å². The molecule has 2 amide bonds. The number of fused-ring (bicyclic) bond motifs is 4. The minimum absolute atomic E-state index is 0.107. The fourth-order valence-electron chi connectivity index (χ4n) is 9.09. The van der Waals surface area contributed by atoms with Crippen molar-refractivity contribution in [3.63, 3.8) is 0 Å². The van der Waals surface area contributed by atoms with Gasteiger partial charge in [-0.25, -0.2) is 0 Å². The van der Waals surface area contributed by atoms with Crippen LogP contribution in [0.15, 0.2) is 127 Å². The summed E-state index contributed by atoms with van der Waals surface area (Å²) in [4.78, 5) is 59.9. The maximum Gasteiger partial charge on any atom is 0.238 e. The molecule has 0 spiro atoms. The van der Waals surface area contributed by atoms with Gasteiger partial charge in [0.25, 0.3) is 0 Å². The molecule has 4 aromatic rings. The fraction of sp³-hybridized carbons (Fsp3) is 0.238. The summed E-state index contributed by atoms with van der Waals surface area (Å²) in [5.74, 6) is -4.41. The van der Waals surface area contributed by atoms with Gasteiger partial charge in [-0.2, -0.15) is 0 Å². The lowest BCUT2D eigenvalue weighted by molar-refractivity contribution is -0.135. The van der Waals surface area contributed by atoms with Gasteiger partial charge in [-0.3, -0.25) is 24.1 Å². The van der Waals surface area contributed by atoms with E-state index in [1.54, 1.807) is 42.5 Å². The van der Waals surface area contributed by atoms with Crippen LogP contribution in [0, 0.1) is 23.7 Å². The van der Waals surface area contributed by atoms with E-state index < -0.39 is 35.0 Å². The van der Waals surface area contributed by atoms with Crippen LogP contribution in [0.1, 0.15) is 42.4 Å². The first kappa shape index (κ1) is 30.8. The Hall–Kier alpha value is -5.56. The van der Waals surface area contributed by atoms with E-state index in [4.69, 9.17) is 4.74 Å². The van der Waals surface area contributed by atoms with Crippen molar-refractivity contribution in [3.05, 3.63) is 144 Å². The summed E-state index contributed by atoms with van der Waals surface area (Å²) in [5, 5.41) is 11.9. The smallest absolute Gasteiger partial charge is 0.238 e. The number of hydrogen-bond acceptors (Lipinski definition) is 6. The zero-order chi connectivity index (χ0) is 33.9. The summed E-state index contributed by atoms with van der Waals surface area (Å²) in [5.41, 5.74) is 1.95. The number of benzene rings is 4. The van der Waals surface area contributed by atoms with E-state index in [2.05, 4.69) is 0 Å². The van der Waals surface area contributed by atoms with E-state index in [9.17, 15) is 14.7 Å². The Morgan fingerprint density at radius 1 is 0.796 bits per heavy atom. The second kappa shape index (κ2) is 11.8. The Morgan fingerprint density at radius 2 is 1.47 bits per heavy atom. The van der Waals surface area contributed by atoms with Crippen molar-refractivity contribution in [2.45, 2.75) is 31.1 Å². The molecule has 1 aliphatic heterocycles. The number of phenolic OH excluding ortho intramolecular Hbond substituents is 1. The van der Waals surface area contributed by atoms with Gasteiger partial charge in [0, 0.05) is 23.0 Å². The van der Waals surface area contributed by atoms with E-state index in [-0.39, 0.29) is 41.3 Å². The van der Waals surface area contributed by atoms with E-state index in [1.807, 2.05) is 79.7 Å². The van der Waals surface area contributed by atoms with E-state index >= 15 is 9.59 Å². The van der Waals surface area contributed by atoms with Crippen LogP contribution in [0.5, 0.6) is 11.5 Å². The van der Waals surface area contributed by atoms with Gasteiger partial charge in [0.1, 0.15) is 0 Å². The molecule has 7 nitrogen and oxygen atoms in total. The number of aromatic hydroxyl groups is 1. The highest BCUT2D eigenvalue weighted by atomic mass is 16.5. The summed E-state index contributed by atoms with van der Waals surface area (Å²) < 4.78 is 5.83. The zero-order valence-corrected chi connectivity index (χ0v) is 27.0. The van der Waals surface area contributed by atoms with Crippen molar-refractivity contribution in [1.82, 2.24) is 0 Å². The average molecular weight is 650 g/mol. The van der Waals surface area contributed by atoms with Crippen molar-refractivity contribution in [2.24, 2.45) is 23.7 Å². The van der Waals surface area contributed by atoms with Crippen molar-refractivity contribution >= 4 is 34.6 Å². The standard InChI is InChI=1S/C42H35NO6/c1-2-49-34-20-12-19-30(39(34)46)37-28-21-22-29-36(41(48)43(40(29)47)27-17-10-5-11-18-27)32(28)23-33-38(45)31(25-13-6-3-7-14-25)24-35(44)42(33,37)26-15-8-4-9-16-26/h3-21,24,29,32-33,36-37,46H,2,22-23H2,1H3. The number of allylic oxidation sites excluding steroid dienone is 4. The van der Waals surface area contributed by atoms with Gasteiger partial charge in [0.15, 0.2) is 23.1 Å². The van der Waals surface area contributed by atoms with Crippen LogP contribution in [0.4, 0.5) is 5.69 Å². The van der Waals surface area contributed by atoms with Gasteiger partial charge in [-0.05, 0) is 61.1 Å². The van der Waals surface area contributed by atoms with Crippen LogP contribution < -0.4 is 9.64 Å². The van der Waals surface area contributed by atoms with Gasteiger partial charge in [-0.15, -0.1) is 0 Å². The second-order valence-corrected chi connectivity index (χ2v) is 13.3. The number of anilines is 1. The number of hydrogen-bond donors (Lipinski definition) is 1. The van der Waals surface area contributed by atoms with Gasteiger partial charge in [0.2, 0.25) is 11.8 Å². The second-order valence-electron chi connectivity index (χ2n) is 13.3. The molecule has 1 saturated carbocycles. The Kier molecular flexibility index (Phi) is 7.43. The zero-order valence-electron chi connectivity index (χ0n) is 27.0. The van der Waals surface area contributed by atoms with Crippen molar-refractivity contribution in [3.8, 4) is 11.5 Å². The van der Waals surface area contributed by atoms with Gasteiger partial charge < -0.3 is 9.84 Å². The maximum absolute atomic E-state index is 15.1. The van der Waals surface area contributed by atoms with Crippen LogP contribution in [0.25, 0.3) is 5.57 Å². The predicted molar refractivity (Wildman–Crippen MR) is 185 cm³/mol. The molecule has 244 valence electrons. The molecule has 2 fully saturated rings. The highest BCUT2D eigenvalue weighted by molar-refractivity contribution is 6.32. The van der Waals surface area contributed by atoms with Crippen LogP contribution in [0.2, 0.25) is 0 Å². The van der Waals surface area contributed by atoms with E-state index in [0.717, 1.165) is 5.57 Å². The quantitative estimate of drug-likeness (QED) is 0.182. The molecule has 4 aliphatic rings. The Balaban J connectivity index is 1.38. The van der Waals surface area contributed by atoms with Gasteiger partial charge in [0.05, 0.1) is 29.5 Å². The third-order valence-corrected chi connectivity index (χ3v) is 11.0. The number of ketones is 2. The normalized spacial score (nSPS) is 27.5. The van der Waals surface area contributed by atoms with Crippen molar-refractivity contribution < 1.29 is 29.0 Å². The summed E-state index contributed by atoms with van der Waals surface area (Å²) >= 11 is 0. The molecule has 1 N–H and O–H groups in total. The number of amides is 2. The summed E-state index contributed by atoms with van der Waals surface area (Å²) in [6.07, 6.45) is 3.97. The number of ether oxygens (including phenoxy) is 1. The summed E-state index contributed by atoms with van der Waals surface area (Å²) in [7, 11) is 0. The first-order valence-electron chi connectivity index (χ1n) is 16.9. The molecule has 0 bridgehead atoms. The lowest BCUT2D eigenvalue weighted by Crippen LogP contribution is -2.58. The molecular formula is C42H35NO6. The molecule has 4 aromatic carbocycles. The average Bonchev–Trinajstić information content (AvgIpc) is 3.40. The summed E-state index contributed by atoms with van der Waals surface area (Å²) in [6.45, 7) is 2.14. The van der Waals surface area contributed by atoms with E-state index in [0.29, 0.717) is 41.0 Å². The molecule has 6 unspecified atom stereocenters. The van der Waals surface area contributed by atoms with E-state index in [1.165, 1.54) is 11.0 Å². The summed E-state index contributed by atoms with van der Waals surface area (Å²) in [6, 6.07) is 32.7. The molecule has 1 heterocycles. The highest BCUT2D eigenvalue weighted by Gasteiger charge is 2.66. The van der Waals surface area contributed by atoms with Crippen molar-refractivity contribution in [2.75, 3.05) is 11.5 Å². The third-order valence-electron chi connectivity index (χ3n) is 11.0. The molecule has 0 aromatic heterocycles.